The van der Waals surface area contributed by atoms with Gasteiger partial charge in [-0.2, -0.15) is 5.10 Å². The predicted molar refractivity (Wildman–Crippen MR) is 139 cm³/mol. The van der Waals surface area contributed by atoms with E-state index in [4.69, 9.17) is 4.42 Å². The maximum absolute atomic E-state index is 12.8. The lowest BCUT2D eigenvalue weighted by Crippen LogP contribution is -2.46. The highest BCUT2D eigenvalue weighted by Gasteiger charge is 2.15. The summed E-state index contributed by atoms with van der Waals surface area (Å²) in [6, 6.07) is 15.7. The molecule has 0 bridgehead atoms. The summed E-state index contributed by atoms with van der Waals surface area (Å²) < 4.78 is 7.87. The van der Waals surface area contributed by atoms with Crippen LogP contribution in [0.4, 0.5) is 0 Å². The molecule has 2 aromatic carbocycles. The molecule has 36 heavy (non-hydrogen) atoms. The van der Waals surface area contributed by atoms with Gasteiger partial charge < -0.3 is 14.6 Å². The molecule has 0 spiro atoms. The number of aromatic nitrogens is 3. The summed E-state index contributed by atoms with van der Waals surface area (Å²) in [4.78, 5) is 22.0. The Morgan fingerprint density at radius 3 is 2.64 bits per heavy atom. The van der Waals surface area contributed by atoms with Crippen LogP contribution in [-0.2, 0) is 6.42 Å². The molecule has 5 rings (SSSR count). The first-order valence-corrected chi connectivity index (χ1v) is 12.4. The number of carbonyl (C=O) groups excluding carboxylic acids is 1. The van der Waals surface area contributed by atoms with Gasteiger partial charge in [0, 0.05) is 69.2 Å². The Balaban J connectivity index is 1.20. The normalized spacial score (nSPS) is 14.7. The summed E-state index contributed by atoms with van der Waals surface area (Å²) in [5.41, 5.74) is 4.74. The second-order valence-corrected chi connectivity index (χ2v) is 9.33. The average Bonchev–Trinajstić information content (AvgIpc) is 3.59. The van der Waals surface area contributed by atoms with Crippen molar-refractivity contribution in [1.29, 1.82) is 0 Å². The Morgan fingerprint density at radius 1 is 1.08 bits per heavy atom. The summed E-state index contributed by atoms with van der Waals surface area (Å²) in [6.45, 7) is 7.82. The molecule has 1 saturated heterocycles. The number of hydrogen-bond donors (Lipinski definition) is 1. The van der Waals surface area contributed by atoms with Gasteiger partial charge in [-0.3, -0.25) is 9.69 Å². The van der Waals surface area contributed by atoms with Crippen LogP contribution in [0.5, 0.6) is 0 Å². The zero-order valence-electron chi connectivity index (χ0n) is 20.9. The lowest BCUT2D eigenvalue weighted by molar-refractivity contribution is 0.0941. The number of nitrogens with zero attached hydrogens (tertiary/aromatic N) is 5. The molecule has 1 amide bonds. The van der Waals surface area contributed by atoms with Crippen LogP contribution in [0.15, 0.2) is 71.5 Å². The van der Waals surface area contributed by atoms with Crippen molar-refractivity contribution in [2.24, 2.45) is 0 Å². The third-order valence-electron chi connectivity index (χ3n) is 6.74. The van der Waals surface area contributed by atoms with Gasteiger partial charge in [0.05, 0.1) is 11.9 Å². The van der Waals surface area contributed by atoms with Crippen molar-refractivity contribution >= 4 is 5.91 Å². The van der Waals surface area contributed by atoms with Gasteiger partial charge in [0.1, 0.15) is 0 Å². The number of hydrogen-bond acceptors (Lipinski definition) is 6. The molecule has 0 unspecified atom stereocenters. The third kappa shape index (κ3) is 5.72. The van der Waals surface area contributed by atoms with E-state index in [1.165, 1.54) is 0 Å². The van der Waals surface area contributed by atoms with E-state index in [1.54, 1.807) is 12.4 Å². The maximum Gasteiger partial charge on any atom is 0.251 e. The van der Waals surface area contributed by atoms with E-state index in [0.717, 1.165) is 55.1 Å². The van der Waals surface area contributed by atoms with Gasteiger partial charge in [0.15, 0.2) is 11.7 Å². The number of piperazine rings is 1. The van der Waals surface area contributed by atoms with Crippen LogP contribution in [-0.4, -0.2) is 76.8 Å². The predicted octanol–water partition coefficient (Wildman–Crippen LogP) is 3.40. The Hall–Kier alpha value is -3.75. The molecule has 8 nitrogen and oxygen atoms in total. The second-order valence-electron chi connectivity index (χ2n) is 9.33. The Kier molecular flexibility index (Phi) is 7.25. The quantitative estimate of drug-likeness (QED) is 0.413. The number of amides is 1. The van der Waals surface area contributed by atoms with Crippen molar-refractivity contribution < 1.29 is 9.21 Å². The minimum absolute atomic E-state index is 0.0456. The second kappa shape index (κ2) is 10.9. The monoisotopic (exact) mass is 484 g/mol. The van der Waals surface area contributed by atoms with Crippen molar-refractivity contribution in [2.75, 3.05) is 46.3 Å². The molecule has 1 fully saturated rings. The SMILES string of the molecule is Cc1ccc(C(=O)NCCN2CCN(C)CC2)cc1Cc1ncc(-c2ccc(-n3cccn3)cc2)o1. The fourth-order valence-corrected chi connectivity index (χ4v) is 4.39. The number of aryl methyl sites for hydroxylation is 1. The van der Waals surface area contributed by atoms with Crippen molar-refractivity contribution in [1.82, 2.24) is 29.9 Å². The topological polar surface area (TPSA) is 79.4 Å². The number of nitrogens with one attached hydrogen (secondary N) is 1. The third-order valence-corrected chi connectivity index (χ3v) is 6.74. The van der Waals surface area contributed by atoms with Crippen molar-refractivity contribution in [3.05, 3.63) is 89.7 Å². The van der Waals surface area contributed by atoms with Crippen LogP contribution in [0.25, 0.3) is 17.0 Å². The number of carbonyl (C=O) groups is 1. The molecule has 0 atom stereocenters. The van der Waals surface area contributed by atoms with Crippen LogP contribution in [0.1, 0.15) is 27.4 Å². The van der Waals surface area contributed by atoms with E-state index in [0.29, 0.717) is 30.2 Å². The van der Waals surface area contributed by atoms with Gasteiger partial charge >= 0.3 is 0 Å². The first-order chi connectivity index (χ1) is 17.5. The van der Waals surface area contributed by atoms with E-state index in [2.05, 4.69) is 32.2 Å². The summed E-state index contributed by atoms with van der Waals surface area (Å²) in [5.74, 6) is 1.29. The minimum Gasteiger partial charge on any atom is -0.440 e. The molecule has 3 heterocycles. The van der Waals surface area contributed by atoms with Crippen LogP contribution in [0, 0.1) is 6.92 Å². The maximum atomic E-state index is 12.8. The van der Waals surface area contributed by atoms with Gasteiger partial charge in [0.2, 0.25) is 0 Å². The minimum atomic E-state index is -0.0456. The lowest BCUT2D eigenvalue weighted by atomic mass is 10.0. The highest BCUT2D eigenvalue weighted by molar-refractivity contribution is 5.94. The van der Waals surface area contributed by atoms with E-state index in [9.17, 15) is 4.79 Å². The van der Waals surface area contributed by atoms with E-state index in [1.807, 2.05) is 66.3 Å². The molecular weight excluding hydrogens is 452 g/mol. The molecule has 0 aliphatic carbocycles. The Labute approximate surface area is 211 Å². The molecule has 1 aliphatic rings. The molecule has 1 aliphatic heterocycles. The number of likely N-dealkylation sites (N-methyl/N-ethyl adjacent to an activating group) is 1. The molecule has 186 valence electrons. The first kappa shape index (κ1) is 24.0. The standard InChI is InChI=1S/C28H32N6O2/c1-21-4-5-23(28(35)29-11-13-33-16-14-32(2)15-17-33)18-24(21)19-27-30-20-26(36-27)22-6-8-25(9-7-22)34-12-3-10-31-34/h3-10,12,18,20H,11,13-17,19H2,1-2H3,(H,29,35). The highest BCUT2D eigenvalue weighted by Crippen LogP contribution is 2.24. The van der Waals surface area contributed by atoms with E-state index >= 15 is 0 Å². The largest absolute Gasteiger partial charge is 0.440 e. The summed E-state index contributed by atoms with van der Waals surface area (Å²) in [7, 11) is 2.15. The van der Waals surface area contributed by atoms with E-state index in [-0.39, 0.29) is 5.91 Å². The van der Waals surface area contributed by atoms with Gasteiger partial charge in [-0.05, 0) is 67.6 Å². The zero-order valence-corrected chi connectivity index (χ0v) is 20.9. The lowest BCUT2D eigenvalue weighted by Gasteiger charge is -2.32. The van der Waals surface area contributed by atoms with Gasteiger partial charge in [-0.15, -0.1) is 0 Å². The first-order valence-electron chi connectivity index (χ1n) is 12.4. The summed E-state index contributed by atoms with van der Waals surface area (Å²) in [5, 5.41) is 7.33. The molecule has 2 aromatic heterocycles. The fraction of sp³-hybridized carbons (Fsp3) is 0.321. The number of rotatable bonds is 8. The number of oxazole rings is 1. The zero-order chi connectivity index (χ0) is 24.9. The Bertz CT molecular complexity index is 1290. The van der Waals surface area contributed by atoms with Gasteiger partial charge in [-0.1, -0.05) is 6.07 Å². The smallest absolute Gasteiger partial charge is 0.251 e. The average molecular weight is 485 g/mol. The highest BCUT2D eigenvalue weighted by atomic mass is 16.4. The summed E-state index contributed by atoms with van der Waals surface area (Å²) in [6.07, 6.45) is 5.94. The molecule has 0 radical (unpaired) electrons. The summed E-state index contributed by atoms with van der Waals surface area (Å²) >= 11 is 0. The number of benzene rings is 2. The molecule has 4 aromatic rings. The van der Waals surface area contributed by atoms with Crippen LogP contribution in [0.3, 0.4) is 0 Å². The molecule has 8 heteroatoms. The van der Waals surface area contributed by atoms with Gasteiger partial charge in [-0.25, -0.2) is 9.67 Å². The Morgan fingerprint density at radius 2 is 1.89 bits per heavy atom. The van der Waals surface area contributed by atoms with Crippen LogP contribution < -0.4 is 5.32 Å². The van der Waals surface area contributed by atoms with Crippen LogP contribution in [0.2, 0.25) is 0 Å². The van der Waals surface area contributed by atoms with Gasteiger partial charge in [0.25, 0.3) is 5.91 Å². The molecule has 0 saturated carbocycles. The fourth-order valence-electron chi connectivity index (χ4n) is 4.39. The van der Waals surface area contributed by atoms with Crippen LogP contribution >= 0.6 is 0 Å². The van der Waals surface area contributed by atoms with Crippen molar-refractivity contribution in [3.8, 4) is 17.0 Å². The van der Waals surface area contributed by atoms with Crippen molar-refractivity contribution in [2.45, 2.75) is 13.3 Å². The van der Waals surface area contributed by atoms with Crippen molar-refractivity contribution in [3.63, 3.8) is 0 Å². The molecular formula is C28H32N6O2. The molecule has 1 N–H and O–H groups in total. The van der Waals surface area contributed by atoms with E-state index < -0.39 is 0 Å².